The van der Waals surface area contributed by atoms with Crippen LogP contribution >= 0.6 is 11.3 Å². The predicted octanol–water partition coefficient (Wildman–Crippen LogP) is 2.12. The predicted molar refractivity (Wildman–Crippen MR) is 96.5 cm³/mol. The van der Waals surface area contributed by atoms with Crippen molar-refractivity contribution >= 4 is 28.3 Å². The van der Waals surface area contributed by atoms with Crippen LogP contribution in [0.3, 0.4) is 0 Å². The number of rotatable bonds is 6. The maximum Gasteiger partial charge on any atom is 0.229 e. The van der Waals surface area contributed by atoms with Crippen molar-refractivity contribution in [1.82, 2.24) is 15.5 Å². The van der Waals surface area contributed by atoms with Crippen molar-refractivity contribution in [2.75, 3.05) is 18.6 Å². The Labute approximate surface area is 163 Å². The Kier molecular flexibility index (Phi) is 4.84. The van der Waals surface area contributed by atoms with Crippen molar-refractivity contribution in [3.8, 4) is 0 Å². The summed E-state index contributed by atoms with van der Waals surface area (Å²) in [4.78, 5) is 26.5. The second-order valence-electron chi connectivity index (χ2n) is 7.05. The number of hydrogen-bond donors (Lipinski definition) is 1. The third-order valence-corrected chi connectivity index (χ3v) is 5.90. The highest BCUT2D eigenvalue weighted by Gasteiger charge is 2.48. The number of amides is 2. The molecule has 2 aliphatic rings. The zero-order valence-corrected chi connectivity index (χ0v) is 15.9. The molecule has 2 aromatic rings. The van der Waals surface area contributed by atoms with Gasteiger partial charge in [0, 0.05) is 26.1 Å². The van der Waals surface area contributed by atoms with Gasteiger partial charge in [0.15, 0.2) is 0 Å². The maximum absolute atomic E-state index is 13.5. The van der Waals surface area contributed by atoms with Crippen molar-refractivity contribution in [2.45, 2.75) is 31.4 Å². The molecule has 2 amide bonds. The quantitative estimate of drug-likeness (QED) is 0.792. The summed E-state index contributed by atoms with van der Waals surface area (Å²) in [5.74, 6) is -2.43. The summed E-state index contributed by atoms with van der Waals surface area (Å²) in [5, 5.41) is 11.9. The molecule has 0 radical (unpaired) electrons. The number of ether oxygens (including phenoxy) is 1. The van der Waals surface area contributed by atoms with E-state index in [4.69, 9.17) is 4.74 Å². The van der Waals surface area contributed by atoms with Crippen molar-refractivity contribution in [2.24, 2.45) is 5.92 Å². The Morgan fingerprint density at radius 3 is 2.68 bits per heavy atom. The van der Waals surface area contributed by atoms with Crippen LogP contribution in [0.5, 0.6) is 0 Å². The first kappa shape index (κ1) is 18.9. The molecule has 1 saturated heterocycles. The number of hydrogen-bond acceptors (Lipinski definition) is 6. The fourth-order valence-electron chi connectivity index (χ4n) is 3.38. The van der Waals surface area contributed by atoms with E-state index in [0.717, 1.165) is 6.07 Å². The van der Waals surface area contributed by atoms with Gasteiger partial charge in [0.05, 0.1) is 11.5 Å². The number of aromatic nitrogens is 2. The SMILES string of the molecule is COCc1nnc(N2CC(C(=O)NC3(c4cc(F)cc(F)c4)CC3)CC2=O)s1. The number of nitrogens with zero attached hydrogens (tertiary/aromatic N) is 3. The van der Waals surface area contributed by atoms with E-state index in [1.807, 2.05) is 0 Å². The Balaban J connectivity index is 1.45. The minimum atomic E-state index is -0.759. The first-order chi connectivity index (χ1) is 13.4. The van der Waals surface area contributed by atoms with Gasteiger partial charge in [-0.05, 0) is 30.5 Å². The minimum Gasteiger partial charge on any atom is -0.377 e. The molecular formula is C18H18F2N4O3S. The maximum atomic E-state index is 13.5. The van der Waals surface area contributed by atoms with Gasteiger partial charge in [-0.25, -0.2) is 8.78 Å². The molecule has 7 nitrogen and oxygen atoms in total. The molecular weight excluding hydrogens is 390 g/mol. The van der Waals surface area contributed by atoms with E-state index in [-0.39, 0.29) is 24.8 Å². The summed E-state index contributed by atoms with van der Waals surface area (Å²) < 4.78 is 32.1. The number of anilines is 1. The molecule has 2 heterocycles. The molecule has 4 rings (SSSR count). The highest BCUT2D eigenvalue weighted by Crippen LogP contribution is 2.46. The van der Waals surface area contributed by atoms with Crippen molar-refractivity contribution in [3.63, 3.8) is 0 Å². The molecule has 28 heavy (non-hydrogen) atoms. The minimum absolute atomic E-state index is 0.0542. The number of nitrogens with one attached hydrogen (secondary N) is 1. The van der Waals surface area contributed by atoms with Gasteiger partial charge in [0.25, 0.3) is 0 Å². The standard InChI is InChI=1S/C18H18F2N4O3S/c1-27-9-14-22-23-17(28-14)24-8-10(4-15(24)25)16(26)21-18(2-3-18)11-5-12(19)7-13(20)6-11/h5-7,10H,2-4,8-9H2,1H3,(H,21,26). The molecule has 0 spiro atoms. The summed E-state index contributed by atoms with van der Waals surface area (Å²) >= 11 is 1.24. The van der Waals surface area contributed by atoms with Crippen LogP contribution in [0, 0.1) is 17.6 Å². The molecule has 1 aliphatic carbocycles. The van der Waals surface area contributed by atoms with E-state index in [0.29, 0.717) is 35.2 Å². The molecule has 10 heteroatoms. The summed E-state index contributed by atoms with van der Waals surface area (Å²) in [6, 6.07) is 3.27. The van der Waals surface area contributed by atoms with Gasteiger partial charge in [0.2, 0.25) is 16.9 Å². The van der Waals surface area contributed by atoms with Crippen LogP contribution in [0.25, 0.3) is 0 Å². The van der Waals surface area contributed by atoms with Crippen LogP contribution in [-0.2, 0) is 26.5 Å². The average Bonchev–Trinajstić information content (AvgIpc) is 3.08. The molecule has 1 aromatic heterocycles. The monoisotopic (exact) mass is 408 g/mol. The molecule has 1 N–H and O–H groups in total. The molecule has 148 valence electrons. The normalized spacial score (nSPS) is 20.5. The highest BCUT2D eigenvalue weighted by molar-refractivity contribution is 7.15. The van der Waals surface area contributed by atoms with Crippen LogP contribution in [0.15, 0.2) is 18.2 Å². The van der Waals surface area contributed by atoms with Gasteiger partial charge < -0.3 is 10.1 Å². The lowest BCUT2D eigenvalue weighted by Crippen LogP contribution is -2.40. The molecule has 2 fully saturated rings. The molecule has 1 aromatic carbocycles. The van der Waals surface area contributed by atoms with Crippen molar-refractivity contribution < 1.29 is 23.1 Å². The lowest BCUT2D eigenvalue weighted by Gasteiger charge is -2.20. The Morgan fingerprint density at radius 2 is 2.04 bits per heavy atom. The van der Waals surface area contributed by atoms with E-state index in [9.17, 15) is 18.4 Å². The van der Waals surface area contributed by atoms with Crippen LogP contribution < -0.4 is 10.2 Å². The van der Waals surface area contributed by atoms with Gasteiger partial charge in [-0.15, -0.1) is 10.2 Å². The Morgan fingerprint density at radius 1 is 1.32 bits per heavy atom. The van der Waals surface area contributed by atoms with E-state index in [1.165, 1.54) is 28.4 Å². The molecule has 1 atom stereocenters. The lowest BCUT2D eigenvalue weighted by atomic mass is 10.0. The van der Waals surface area contributed by atoms with Gasteiger partial charge in [-0.2, -0.15) is 0 Å². The van der Waals surface area contributed by atoms with Crippen LogP contribution in [0.1, 0.15) is 29.8 Å². The highest BCUT2D eigenvalue weighted by atomic mass is 32.1. The molecule has 1 saturated carbocycles. The van der Waals surface area contributed by atoms with Crippen LogP contribution in [0.4, 0.5) is 13.9 Å². The smallest absolute Gasteiger partial charge is 0.229 e. The number of carbonyl (C=O) groups is 2. The number of benzene rings is 1. The second-order valence-corrected chi connectivity index (χ2v) is 8.09. The Hall–Kier alpha value is -2.46. The van der Waals surface area contributed by atoms with Gasteiger partial charge in [-0.3, -0.25) is 14.5 Å². The Bertz CT molecular complexity index is 911. The van der Waals surface area contributed by atoms with E-state index in [1.54, 1.807) is 7.11 Å². The van der Waals surface area contributed by atoms with Gasteiger partial charge >= 0.3 is 0 Å². The zero-order chi connectivity index (χ0) is 19.9. The third-order valence-electron chi connectivity index (χ3n) is 4.98. The second kappa shape index (κ2) is 7.17. The van der Waals surface area contributed by atoms with Crippen molar-refractivity contribution in [1.29, 1.82) is 0 Å². The fraction of sp³-hybridized carbons (Fsp3) is 0.444. The largest absolute Gasteiger partial charge is 0.377 e. The van der Waals surface area contributed by atoms with E-state index >= 15 is 0 Å². The molecule has 1 unspecified atom stereocenters. The molecule has 0 bridgehead atoms. The van der Waals surface area contributed by atoms with E-state index < -0.39 is 23.1 Å². The fourth-order valence-corrected chi connectivity index (χ4v) is 4.22. The first-order valence-corrected chi connectivity index (χ1v) is 9.62. The summed E-state index contributed by atoms with van der Waals surface area (Å²) in [7, 11) is 1.54. The first-order valence-electron chi connectivity index (χ1n) is 8.80. The third kappa shape index (κ3) is 3.61. The molecule has 1 aliphatic heterocycles. The number of halogens is 2. The number of methoxy groups -OCH3 is 1. The number of carbonyl (C=O) groups excluding carboxylic acids is 2. The van der Waals surface area contributed by atoms with E-state index in [2.05, 4.69) is 15.5 Å². The van der Waals surface area contributed by atoms with Crippen LogP contribution in [0.2, 0.25) is 0 Å². The topological polar surface area (TPSA) is 84.4 Å². The summed E-state index contributed by atoms with van der Waals surface area (Å²) in [6.45, 7) is 0.496. The van der Waals surface area contributed by atoms with Crippen LogP contribution in [-0.4, -0.2) is 35.7 Å². The lowest BCUT2D eigenvalue weighted by molar-refractivity contribution is -0.127. The van der Waals surface area contributed by atoms with Crippen molar-refractivity contribution in [3.05, 3.63) is 40.4 Å². The average molecular weight is 408 g/mol. The van der Waals surface area contributed by atoms with Gasteiger partial charge in [-0.1, -0.05) is 11.3 Å². The summed E-state index contributed by atoms with van der Waals surface area (Å²) in [6.07, 6.45) is 1.25. The zero-order valence-electron chi connectivity index (χ0n) is 15.1. The van der Waals surface area contributed by atoms with Gasteiger partial charge in [0.1, 0.15) is 23.2 Å². The summed E-state index contributed by atoms with van der Waals surface area (Å²) in [5.41, 5.74) is -0.349.